The van der Waals surface area contributed by atoms with Crippen LogP contribution in [0.1, 0.15) is 13.3 Å². The first-order chi connectivity index (χ1) is 8.58. The summed E-state index contributed by atoms with van der Waals surface area (Å²) < 4.78 is 18.8. The molecule has 0 radical (unpaired) electrons. The Morgan fingerprint density at radius 3 is 2.89 bits per heavy atom. The van der Waals surface area contributed by atoms with Gasteiger partial charge in [-0.15, -0.1) is 0 Å². The molecular formula is C14H21FN2O. The van der Waals surface area contributed by atoms with Gasteiger partial charge in [0.05, 0.1) is 12.1 Å². The predicted octanol–water partition coefficient (Wildman–Crippen LogP) is 2.02. The molecule has 4 heteroatoms. The van der Waals surface area contributed by atoms with Crippen LogP contribution in [0.3, 0.4) is 0 Å². The van der Waals surface area contributed by atoms with Gasteiger partial charge in [0.1, 0.15) is 5.82 Å². The smallest absolute Gasteiger partial charge is 0.125 e. The standard InChI is InChI=1S/C14H21FN2O/c1-14(10-16,11-6-7-18-9-11)17(2)13-5-3-4-12(15)8-13/h3-5,8,11H,6-7,9-10,16H2,1-2H3. The van der Waals surface area contributed by atoms with Gasteiger partial charge in [0.15, 0.2) is 0 Å². The van der Waals surface area contributed by atoms with Crippen molar-refractivity contribution in [3.8, 4) is 0 Å². The van der Waals surface area contributed by atoms with Crippen molar-refractivity contribution in [1.29, 1.82) is 0 Å². The molecule has 0 aromatic heterocycles. The van der Waals surface area contributed by atoms with E-state index >= 15 is 0 Å². The molecule has 1 saturated heterocycles. The second-order valence-electron chi connectivity index (χ2n) is 5.16. The van der Waals surface area contributed by atoms with Crippen LogP contribution in [0.4, 0.5) is 10.1 Å². The van der Waals surface area contributed by atoms with Crippen LogP contribution in [0.5, 0.6) is 0 Å². The maximum absolute atomic E-state index is 13.3. The van der Waals surface area contributed by atoms with Gasteiger partial charge in [-0.3, -0.25) is 0 Å². The molecule has 1 fully saturated rings. The molecule has 1 aromatic carbocycles. The number of benzene rings is 1. The van der Waals surface area contributed by atoms with E-state index in [-0.39, 0.29) is 11.4 Å². The third-order valence-electron chi connectivity index (χ3n) is 4.18. The van der Waals surface area contributed by atoms with Gasteiger partial charge in [0.25, 0.3) is 0 Å². The van der Waals surface area contributed by atoms with E-state index < -0.39 is 0 Å². The summed E-state index contributed by atoms with van der Waals surface area (Å²) in [4.78, 5) is 2.08. The van der Waals surface area contributed by atoms with Crippen molar-refractivity contribution >= 4 is 5.69 Å². The number of nitrogens with zero attached hydrogens (tertiary/aromatic N) is 1. The van der Waals surface area contributed by atoms with E-state index in [1.165, 1.54) is 6.07 Å². The predicted molar refractivity (Wildman–Crippen MR) is 71.2 cm³/mol. The maximum Gasteiger partial charge on any atom is 0.125 e. The number of nitrogens with two attached hydrogens (primary N) is 1. The zero-order chi connectivity index (χ0) is 13.2. The zero-order valence-electron chi connectivity index (χ0n) is 11.0. The lowest BCUT2D eigenvalue weighted by Gasteiger charge is -2.43. The number of likely N-dealkylation sites (N-methyl/N-ethyl adjacent to an activating group) is 1. The highest BCUT2D eigenvalue weighted by Crippen LogP contribution is 2.33. The Balaban J connectivity index is 2.26. The molecule has 0 aliphatic carbocycles. The van der Waals surface area contributed by atoms with Gasteiger partial charge < -0.3 is 15.4 Å². The van der Waals surface area contributed by atoms with Crippen molar-refractivity contribution in [1.82, 2.24) is 0 Å². The minimum Gasteiger partial charge on any atom is -0.381 e. The highest BCUT2D eigenvalue weighted by atomic mass is 19.1. The first kappa shape index (κ1) is 13.3. The second-order valence-corrected chi connectivity index (χ2v) is 5.16. The van der Waals surface area contributed by atoms with Crippen molar-refractivity contribution in [2.24, 2.45) is 11.7 Å². The molecule has 18 heavy (non-hydrogen) atoms. The Labute approximate surface area is 108 Å². The molecule has 1 heterocycles. The fourth-order valence-corrected chi connectivity index (χ4v) is 2.58. The minimum absolute atomic E-state index is 0.204. The highest BCUT2D eigenvalue weighted by molar-refractivity contribution is 5.48. The summed E-state index contributed by atoms with van der Waals surface area (Å²) in [6, 6.07) is 6.63. The molecule has 1 aliphatic heterocycles. The molecule has 2 atom stereocenters. The first-order valence-corrected chi connectivity index (χ1v) is 6.35. The van der Waals surface area contributed by atoms with E-state index in [2.05, 4.69) is 11.8 Å². The third-order valence-corrected chi connectivity index (χ3v) is 4.18. The van der Waals surface area contributed by atoms with E-state index in [0.29, 0.717) is 12.5 Å². The van der Waals surface area contributed by atoms with Crippen LogP contribution < -0.4 is 10.6 Å². The van der Waals surface area contributed by atoms with E-state index in [4.69, 9.17) is 10.5 Å². The minimum atomic E-state index is -0.221. The largest absolute Gasteiger partial charge is 0.381 e. The summed E-state index contributed by atoms with van der Waals surface area (Å²) in [6.45, 7) is 4.16. The molecule has 0 amide bonds. The monoisotopic (exact) mass is 252 g/mol. The van der Waals surface area contributed by atoms with Gasteiger partial charge in [-0.05, 0) is 31.5 Å². The summed E-state index contributed by atoms with van der Waals surface area (Å²) in [7, 11) is 1.97. The Kier molecular flexibility index (Phi) is 3.88. The SMILES string of the molecule is CN(c1cccc(F)c1)C(C)(CN)C1CCOC1. The van der Waals surface area contributed by atoms with Crippen LogP contribution in [0.25, 0.3) is 0 Å². The molecular weight excluding hydrogens is 231 g/mol. The van der Waals surface area contributed by atoms with Crippen LogP contribution in [-0.4, -0.2) is 32.3 Å². The average Bonchev–Trinajstić information content (AvgIpc) is 2.91. The second kappa shape index (κ2) is 5.24. The quantitative estimate of drug-likeness (QED) is 0.891. The lowest BCUT2D eigenvalue weighted by Crippen LogP contribution is -2.55. The Morgan fingerprint density at radius 2 is 2.33 bits per heavy atom. The number of rotatable bonds is 4. The lowest BCUT2D eigenvalue weighted by atomic mass is 9.83. The number of anilines is 1. The summed E-state index contributed by atoms with van der Waals surface area (Å²) in [5.41, 5.74) is 6.62. The summed E-state index contributed by atoms with van der Waals surface area (Å²) in [5.74, 6) is 0.164. The van der Waals surface area contributed by atoms with Gasteiger partial charge in [-0.1, -0.05) is 6.07 Å². The molecule has 2 unspecified atom stereocenters. The van der Waals surface area contributed by atoms with Gasteiger partial charge in [-0.2, -0.15) is 0 Å². The fraction of sp³-hybridized carbons (Fsp3) is 0.571. The van der Waals surface area contributed by atoms with Crippen LogP contribution in [0.15, 0.2) is 24.3 Å². The Bertz CT molecular complexity index is 407. The lowest BCUT2D eigenvalue weighted by molar-refractivity contribution is 0.166. The van der Waals surface area contributed by atoms with Crippen LogP contribution in [0, 0.1) is 11.7 Å². The van der Waals surface area contributed by atoms with Gasteiger partial charge in [0, 0.05) is 31.8 Å². The number of hydrogen-bond donors (Lipinski definition) is 1. The summed E-state index contributed by atoms with van der Waals surface area (Å²) >= 11 is 0. The molecule has 0 spiro atoms. The topological polar surface area (TPSA) is 38.5 Å². The van der Waals surface area contributed by atoms with Crippen molar-refractivity contribution in [2.45, 2.75) is 18.9 Å². The van der Waals surface area contributed by atoms with E-state index in [0.717, 1.165) is 25.3 Å². The van der Waals surface area contributed by atoms with Crippen molar-refractivity contribution < 1.29 is 9.13 Å². The van der Waals surface area contributed by atoms with Gasteiger partial charge in [0.2, 0.25) is 0 Å². The van der Waals surface area contributed by atoms with E-state index in [1.54, 1.807) is 12.1 Å². The number of hydrogen-bond acceptors (Lipinski definition) is 3. The first-order valence-electron chi connectivity index (χ1n) is 6.35. The van der Waals surface area contributed by atoms with Crippen LogP contribution in [-0.2, 0) is 4.74 Å². The normalized spacial score (nSPS) is 22.8. The van der Waals surface area contributed by atoms with Crippen LogP contribution in [0.2, 0.25) is 0 Å². The fourth-order valence-electron chi connectivity index (χ4n) is 2.58. The van der Waals surface area contributed by atoms with Crippen molar-refractivity contribution in [3.63, 3.8) is 0 Å². The Hall–Kier alpha value is -1.13. The van der Waals surface area contributed by atoms with Gasteiger partial charge >= 0.3 is 0 Å². The molecule has 1 aliphatic rings. The molecule has 100 valence electrons. The van der Waals surface area contributed by atoms with Crippen LogP contribution >= 0.6 is 0 Å². The average molecular weight is 252 g/mol. The summed E-state index contributed by atoms with van der Waals surface area (Å²) in [6.07, 6.45) is 1.01. The molecule has 3 nitrogen and oxygen atoms in total. The van der Waals surface area contributed by atoms with E-state index in [1.807, 2.05) is 13.1 Å². The molecule has 0 bridgehead atoms. The zero-order valence-corrected chi connectivity index (χ0v) is 11.0. The maximum atomic E-state index is 13.3. The Morgan fingerprint density at radius 1 is 1.56 bits per heavy atom. The molecule has 1 aromatic rings. The highest BCUT2D eigenvalue weighted by Gasteiger charge is 2.39. The molecule has 2 N–H and O–H groups in total. The molecule has 2 rings (SSSR count). The summed E-state index contributed by atoms with van der Waals surface area (Å²) in [5, 5.41) is 0. The third kappa shape index (κ3) is 2.35. The number of halogens is 1. The molecule has 0 saturated carbocycles. The van der Waals surface area contributed by atoms with E-state index in [9.17, 15) is 4.39 Å². The van der Waals surface area contributed by atoms with Gasteiger partial charge in [-0.25, -0.2) is 4.39 Å². The van der Waals surface area contributed by atoms with Crippen molar-refractivity contribution in [3.05, 3.63) is 30.1 Å². The number of ether oxygens (including phenoxy) is 1. The van der Waals surface area contributed by atoms with Crippen molar-refractivity contribution in [2.75, 3.05) is 31.7 Å².